The quantitative estimate of drug-likeness (QED) is 0.708. The lowest BCUT2D eigenvalue weighted by molar-refractivity contribution is 0.830. The van der Waals surface area contributed by atoms with Crippen LogP contribution >= 0.6 is 11.6 Å². The van der Waals surface area contributed by atoms with Gasteiger partial charge in [0.2, 0.25) is 0 Å². The van der Waals surface area contributed by atoms with Crippen LogP contribution in [-0.2, 0) is 5.88 Å². The molecule has 4 heteroatoms. The zero-order valence-corrected chi connectivity index (χ0v) is 8.57. The first-order chi connectivity index (χ1) is 6.79. The molecule has 0 N–H and O–H groups in total. The van der Waals surface area contributed by atoms with Gasteiger partial charge in [-0.25, -0.2) is 9.67 Å². The fourth-order valence-electron chi connectivity index (χ4n) is 1.21. The monoisotopic (exact) mass is 207 g/mol. The van der Waals surface area contributed by atoms with Crippen LogP contribution < -0.4 is 0 Å². The Bertz CT molecular complexity index is 436. The van der Waals surface area contributed by atoms with Crippen LogP contribution in [0.5, 0.6) is 0 Å². The molecule has 0 amide bonds. The summed E-state index contributed by atoms with van der Waals surface area (Å²) in [5.41, 5.74) is 2.02. The highest BCUT2D eigenvalue weighted by Crippen LogP contribution is 2.08. The fourth-order valence-corrected chi connectivity index (χ4v) is 1.38. The second-order valence-corrected chi connectivity index (χ2v) is 3.32. The first kappa shape index (κ1) is 9.21. The molecule has 3 nitrogen and oxygen atoms in total. The number of alkyl halides is 1. The Labute approximate surface area is 87.3 Å². The van der Waals surface area contributed by atoms with Crippen LogP contribution in [0.3, 0.4) is 0 Å². The zero-order chi connectivity index (χ0) is 9.97. The summed E-state index contributed by atoms with van der Waals surface area (Å²) in [6, 6.07) is 5.77. The number of hydrogen-bond acceptors (Lipinski definition) is 2. The van der Waals surface area contributed by atoms with Gasteiger partial charge in [-0.1, -0.05) is 0 Å². The van der Waals surface area contributed by atoms with Crippen LogP contribution in [0.25, 0.3) is 5.82 Å². The van der Waals surface area contributed by atoms with Gasteiger partial charge in [0.25, 0.3) is 0 Å². The number of pyridine rings is 1. The molecule has 0 radical (unpaired) electrons. The van der Waals surface area contributed by atoms with Gasteiger partial charge in [0.1, 0.15) is 0 Å². The normalized spacial score (nSPS) is 10.4. The molecule has 0 saturated heterocycles. The van der Waals surface area contributed by atoms with E-state index in [4.69, 9.17) is 11.6 Å². The molecule has 2 aromatic heterocycles. The van der Waals surface area contributed by atoms with Crippen molar-refractivity contribution in [2.45, 2.75) is 12.8 Å². The minimum Gasteiger partial charge on any atom is -0.237 e. The third-order valence-electron chi connectivity index (χ3n) is 1.92. The molecule has 0 saturated carbocycles. The smallest absolute Gasteiger partial charge is 0.153 e. The van der Waals surface area contributed by atoms with Gasteiger partial charge in [-0.2, -0.15) is 5.10 Å². The number of nitrogens with zero attached hydrogens (tertiary/aromatic N) is 3. The van der Waals surface area contributed by atoms with Gasteiger partial charge < -0.3 is 0 Å². The maximum atomic E-state index is 5.73. The van der Waals surface area contributed by atoms with E-state index in [2.05, 4.69) is 10.1 Å². The van der Waals surface area contributed by atoms with Crippen molar-refractivity contribution < 1.29 is 0 Å². The summed E-state index contributed by atoms with van der Waals surface area (Å²) >= 11 is 5.73. The Morgan fingerprint density at radius 2 is 2.29 bits per heavy atom. The van der Waals surface area contributed by atoms with E-state index in [-0.39, 0.29) is 0 Å². The number of halogens is 1. The standard InChI is InChI=1S/C10H10ClN3/c1-8-3-5-14(13-8)10-6-9(7-11)2-4-12-10/h2-6H,7H2,1H3. The first-order valence-electron chi connectivity index (χ1n) is 4.33. The topological polar surface area (TPSA) is 30.7 Å². The molecule has 0 aliphatic rings. The summed E-state index contributed by atoms with van der Waals surface area (Å²) in [4.78, 5) is 4.21. The number of aryl methyl sites for hydroxylation is 1. The fraction of sp³-hybridized carbons (Fsp3) is 0.200. The minimum atomic E-state index is 0.496. The van der Waals surface area contributed by atoms with Crippen molar-refractivity contribution >= 4 is 11.6 Å². The van der Waals surface area contributed by atoms with Gasteiger partial charge in [0.05, 0.1) is 5.69 Å². The number of rotatable bonds is 2. The molecule has 14 heavy (non-hydrogen) atoms. The van der Waals surface area contributed by atoms with E-state index >= 15 is 0 Å². The molecule has 0 fully saturated rings. The van der Waals surface area contributed by atoms with Gasteiger partial charge in [-0.15, -0.1) is 11.6 Å². The van der Waals surface area contributed by atoms with E-state index in [1.165, 1.54) is 0 Å². The first-order valence-corrected chi connectivity index (χ1v) is 4.86. The summed E-state index contributed by atoms with van der Waals surface area (Å²) in [6.45, 7) is 1.95. The van der Waals surface area contributed by atoms with E-state index in [0.29, 0.717) is 5.88 Å². The highest BCUT2D eigenvalue weighted by molar-refractivity contribution is 6.17. The maximum absolute atomic E-state index is 5.73. The van der Waals surface area contributed by atoms with Gasteiger partial charge in [0, 0.05) is 18.3 Å². The molecule has 72 valence electrons. The van der Waals surface area contributed by atoms with Crippen molar-refractivity contribution in [3.05, 3.63) is 41.9 Å². The van der Waals surface area contributed by atoms with E-state index in [9.17, 15) is 0 Å². The third-order valence-corrected chi connectivity index (χ3v) is 2.23. The predicted octanol–water partition coefficient (Wildman–Crippen LogP) is 2.31. The van der Waals surface area contributed by atoms with Crippen LogP contribution in [0.4, 0.5) is 0 Å². The van der Waals surface area contributed by atoms with Crippen LogP contribution in [0.1, 0.15) is 11.3 Å². The Kier molecular flexibility index (Phi) is 2.50. The third kappa shape index (κ3) is 1.77. The van der Waals surface area contributed by atoms with E-state index in [1.54, 1.807) is 10.9 Å². The zero-order valence-electron chi connectivity index (χ0n) is 7.81. The molecular formula is C10H10ClN3. The molecule has 2 heterocycles. The molecule has 0 atom stereocenters. The highest BCUT2D eigenvalue weighted by Gasteiger charge is 2.00. The van der Waals surface area contributed by atoms with Crippen molar-refractivity contribution in [2.75, 3.05) is 0 Å². The van der Waals surface area contributed by atoms with Gasteiger partial charge in [-0.3, -0.25) is 0 Å². The van der Waals surface area contributed by atoms with Gasteiger partial charge in [-0.05, 0) is 30.7 Å². The molecule has 2 aromatic rings. The average molecular weight is 208 g/mol. The molecule has 0 bridgehead atoms. The summed E-state index contributed by atoms with van der Waals surface area (Å²) < 4.78 is 1.74. The van der Waals surface area contributed by atoms with Crippen LogP contribution in [0.15, 0.2) is 30.6 Å². The van der Waals surface area contributed by atoms with E-state index < -0.39 is 0 Å². The molecule has 0 aromatic carbocycles. The van der Waals surface area contributed by atoms with Gasteiger partial charge >= 0.3 is 0 Å². The predicted molar refractivity (Wildman–Crippen MR) is 55.7 cm³/mol. The Balaban J connectivity index is 2.41. The molecular weight excluding hydrogens is 198 g/mol. The molecule has 2 rings (SSSR count). The second kappa shape index (κ2) is 3.80. The molecule has 0 unspecified atom stereocenters. The van der Waals surface area contributed by atoms with E-state index in [1.807, 2.05) is 31.3 Å². The molecule has 0 spiro atoms. The average Bonchev–Trinajstić information content (AvgIpc) is 2.65. The summed E-state index contributed by atoms with van der Waals surface area (Å²) in [7, 11) is 0. The maximum Gasteiger partial charge on any atom is 0.153 e. The van der Waals surface area contributed by atoms with Gasteiger partial charge in [0.15, 0.2) is 5.82 Å². The lowest BCUT2D eigenvalue weighted by Crippen LogP contribution is -1.98. The van der Waals surface area contributed by atoms with E-state index in [0.717, 1.165) is 17.1 Å². The van der Waals surface area contributed by atoms with Crippen molar-refractivity contribution in [3.8, 4) is 5.82 Å². The van der Waals surface area contributed by atoms with Crippen molar-refractivity contribution in [3.63, 3.8) is 0 Å². The Hall–Kier alpha value is -1.35. The Morgan fingerprint density at radius 3 is 2.93 bits per heavy atom. The van der Waals surface area contributed by atoms with Crippen LogP contribution in [-0.4, -0.2) is 14.8 Å². The molecule has 0 aliphatic carbocycles. The Morgan fingerprint density at radius 1 is 1.43 bits per heavy atom. The van der Waals surface area contributed by atoms with Crippen molar-refractivity contribution in [2.24, 2.45) is 0 Å². The SMILES string of the molecule is Cc1ccn(-c2cc(CCl)ccn2)n1. The summed E-state index contributed by atoms with van der Waals surface area (Å²) in [6.07, 6.45) is 3.62. The summed E-state index contributed by atoms with van der Waals surface area (Å²) in [5.74, 6) is 1.30. The lowest BCUT2D eigenvalue weighted by atomic mass is 10.3. The molecule has 0 aliphatic heterocycles. The second-order valence-electron chi connectivity index (χ2n) is 3.06. The van der Waals surface area contributed by atoms with Crippen molar-refractivity contribution in [1.29, 1.82) is 0 Å². The number of hydrogen-bond donors (Lipinski definition) is 0. The van der Waals surface area contributed by atoms with Crippen molar-refractivity contribution in [1.82, 2.24) is 14.8 Å². The summed E-state index contributed by atoms with van der Waals surface area (Å²) in [5, 5.41) is 4.27. The number of aromatic nitrogens is 3. The highest BCUT2D eigenvalue weighted by atomic mass is 35.5. The van der Waals surface area contributed by atoms with Crippen LogP contribution in [0, 0.1) is 6.92 Å². The van der Waals surface area contributed by atoms with Crippen LogP contribution in [0.2, 0.25) is 0 Å². The lowest BCUT2D eigenvalue weighted by Gasteiger charge is -2.01. The minimum absolute atomic E-state index is 0.496. The largest absolute Gasteiger partial charge is 0.237 e.